The number of carbonyl (C=O) groups excluding carboxylic acids is 2. The van der Waals surface area contributed by atoms with Gasteiger partial charge in [-0.2, -0.15) is 0 Å². The van der Waals surface area contributed by atoms with Gasteiger partial charge in [-0.05, 0) is 83.6 Å². The number of allylic oxidation sites excluding steroid dienone is 1. The number of anilines is 1. The lowest BCUT2D eigenvalue weighted by atomic mass is 9.58. The number of para-hydroxylation sites is 1. The molecule has 3 aromatic carbocycles. The van der Waals surface area contributed by atoms with Crippen LogP contribution in [0.5, 0.6) is 5.75 Å². The Hall–Kier alpha value is -4.05. The number of carbonyl (C=O) groups is 2. The number of amides is 2. The van der Waals surface area contributed by atoms with Crippen LogP contribution in [-0.2, 0) is 14.2 Å². The lowest BCUT2D eigenvalue weighted by Crippen LogP contribution is -2.46. The first kappa shape index (κ1) is 28.1. The van der Waals surface area contributed by atoms with E-state index in [9.17, 15) is 29.2 Å². The number of hydrogen-bond acceptors (Lipinski definition) is 6. The SMILES string of the molecule is O=C1[C@@H]2[C@@H](CC(CO)=C3[C@@H](CC/C(=C/c4ccc(O)c(F)c4)c4ccccc4)OB(O)C[C@@H]32)C(=O)N1c1ccccc1. The number of aliphatic hydroxyl groups excluding tert-OH is 1. The van der Waals surface area contributed by atoms with E-state index in [0.29, 0.717) is 29.7 Å². The number of phenolic OH excluding ortho intramolecular Hbond substituents is 1. The molecule has 2 amide bonds. The second kappa shape index (κ2) is 11.7. The maximum absolute atomic E-state index is 14.1. The van der Waals surface area contributed by atoms with Crippen LogP contribution in [0.1, 0.15) is 30.4 Å². The summed E-state index contributed by atoms with van der Waals surface area (Å²) in [6, 6.07) is 22.7. The van der Waals surface area contributed by atoms with Gasteiger partial charge in [0.05, 0.1) is 30.2 Å². The van der Waals surface area contributed by atoms with Crippen LogP contribution in [0.2, 0.25) is 6.32 Å². The van der Waals surface area contributed by atoms with Gasteiger partial charge in [-0.3, -0.25) is 14.5 Å². The third kappa shape index (κ3) is 5.20. The van der Waals surface area contributed by atoms with E-state index in [1.807, 2.05) is 42.5 Å². The summed E-state index contributed by atoms with van der Waals surface area (Å²) < 4.78 is 20.1. The molecule has 214 valence electrons. The molecule has 2 fully saturated rings. The number of benzene rings is 3. The van der Waals surface area contributed by atoms with Crippen LogP contribution < -0.4 is 4.90 Å². The number of aliphatic hydroxyl groups is 1. The molecule has 4 atom stereocenters. The minimum Gasteiger partial charge on any atom is -0.505 e. The minimum atomic E-state index is -1.13. The predicted octanol–water partition coefficient (Wildman–Crippen LogP) is 4.85. The molecule has 7 nitrogen and oxygen atoms in total. The van der Waals surface area contributed by atoms with Crippen molar-refractivity contribution in [2.24, 2.45) is 17.8 Å². The van der Waals surface area contributed by atoms with Crippen molar-refractivity contribution in [3.05, 3.63) is 107 Å². The summed E-state index contributed by atoms with van der Waals surface area (Å²) in [5, 5.41) is 30.8. The summed E-state index contributed by atoms with van der Waals surface area (Å²) in [5.41, 5.74) is 4.39. The summed E-state index contributed by atoms with van der Waals surface area (Å²) in [4.78, 5) is 28.5. The van der Waals surface area contributed by atoms with Crippen molar-refractivity contribution in [3.63, 3.8) is 0 Å². The Morgan fingerprint density at radius 2 is 1.71 bits per heavy atom. The molecule has 6 rings (SSSR count). The number of fused-ring (bicyclic) bond motifs is 3. The molecule has 2 heterocycles. The lowest BCUT2D eigenvalue weighted by Gasteiger charge is -2.43. The largest absolute Gasteiger partial charge is 0.505 e. The highest BCUT2D eigenvalue weighted by Crippen LogP contribution is 2.51. The van der Waals surface area contributed by atoms with E-state index >= 15 is 0 Å². The van der Waals surface area contributed by atoms with Crippen LogP contribution in [0.4, 0.5) is 10.1 Å². The number of nitrogens with zero attached hydrogens (tertiary/aromatic N) is 1. The second-order valence-electron chi connectivity index (χ2n) is 11.1. The highest BCUT2D eigenvalue weighted by atomic mass is 19.1. The first-order chi connectivity index (χ1) is 20.4. The monoisotopic (exact) mass is 567 g/mol. The number of hydrogen-bond donors (Lipinski definition) is 3. The van der Waals surface area contributed by atoms with Crippen molar-refractivity contribution in [1.29, 1.82) is 0 Å². The molecule has 0 radical (unpaired) electrons. The van der Waals surface area contributed by atoms with E-state index in [0.717, 1.165) is 16.7 Å². The average molecular weight is 567 g/mol. The molecule has 0 saturated carbocycles. The Morgan fingerprint density at radius 1 is 1.00 bits per heavy atom. The van der Waals surface area contributed by atoms with Gasteiger partial charge in [0.2, 0.25) is 11.8 Å². The number of phenols is 1. The van der Waals surface area contributed by atoms with Crippen LogP contribution in [0.25, 0.3) is 11.6 Å². The summed E-state index contributed by atoms with van der Waals surface area (Å²) >= 11 is 0. The Bertz CT molecular complexity index is 1560. The highest BCUT2D eigenvalue weighted by molar-refractivity contribution is 6.43. The van der Waals surface area contributed by atoms with Crippen LogP contribution in [-0.4, -0.2) is 46.9 Å². The molecule has 0 unspecified atom stereocenters. The van der Waals surface area contributed by atoms with Gasteiger partial charge in [0, 0.05) is 0 Å². The number of imide groups is 1. The van der Waals surface area contributed by atoms with E-state index in [4.69, 9.17) is 4.65 Å². The molecule has 1 aliphatic carbocycles. The maximum Gasteiger partial charge on any atom is 0.455 e. The van der Waals surface area contributed by atoms with Crippen LogP contribution in [0, 0.1) is 23.6 Å². The molecule has 3 N–H and O–H groups in total. The molecule has 42 heavy (non-hydrogen) atoms. The minimum absolute atomic E-state index is 0.159. The van der Waals surface area contributed by atoms with Crippen molar-refractivity contribution in [1.82, 2.24) is 0 Å². The van der Waals surface area contributed by atoms with Crippen molar-refractivity contribution in [2.45, 2.75) is 31.7 Å². The first-order valence-electron chi connectivity index (χ1n) is 14.2. The van der Waals surface area contributed by atoms with Crippen molar-refractivity contribution >= 4 is 36.3 Å². The Morgan fingerprint density at radius 3 is 2.40 bits per heavy atom. The quantitative estimate of drug-likeness (QED) is 0.163. The summed E-state index contributed by atoms with van der Waals surface area (Å²) in [7, 11) is -1.13. The van der Waals surface area contributed by atoms with Gasteiger partial charge in [0.15, 0.2) is 11.6 Å². The van der Waals surface area contributed by atoms with Gasteiger partial charge in [0.25, 0.3) is 0 Å². The molecule has 0 aromatic heterocycles. The fraction of sp³-hybridized carbons (Fsp3) is 0.273. The summed E-state index contributed by atoms with van der Waals surface area (Å²) in [5.74, 6) is -3.41. The molecule has 3 aromatic rings. The Balaban J connectivity index is 1.31. The fourth-order valence-electron chi connectivity index (χ4n) is 6.79. The van der Waals surface area contributed by atoms with Gasteiger partial charge in [0.1, 0.15) is 0 Å². The Kier molecular flexibility index (Phi) is 7.81. The van der Waals surface area contributed by atoms with Gasteiger partial charge in [-0.15, -0.1) is 0 Å². The van der Waals surface area contributed by atoms with E-state index in [1.165, 1.54) is 17.0 Å². The lowest BCUT2D eigenvalue weighted by molar-refractivity contribution is -0.122. The zero-order valence-corrected chi connectivity index (χ0v) is 22.9. The molecule has 0 spiro atoms. The molecule has 0 bridgehead atoms. The first-order valence-corrected chi connectivity index (χ1v) is 14.2. The number of halogens is 1. The van der Waals surface area contributed by atoms with Gasteiger partial charge >= 0.3 is 7.12 Å². The average Bonchev–Trinajstić information content (AvgIpc) is 3.26. The van der Waals surface area contributed by atoms with Crippen LogP contribution >= 0.6 is 0 Å². The maximum atomic E-state index is 14.1. The molecule has 2 saturated heterocycles. The summed E-state index contributed by atoms with van der Waals surface area (Å²) in [6.07, 6.45) is 2.59. The van der Waals surface area contributed by atoms with Crippen molar-refractivity contribution < 1.29 is 33.9 Å². The van der Waals surface area contributed by atoms with E-state index in [1.54, 1.807) is 30.3 Å². The zero-order valence-electron chi connectivity index (χ0n) is 22.9. The molecule has 2 aliphatic heterocycles. The van der Waals surface area contributed by atoms with Gasteiger partial charge < -0.3 is 19.9 Å². The molecular formula is C33H31BFNO6. The summed E-state index contributed by atoms with van der Waals surface area (Å²) in [6.45, 7) is -0.272. The smallest absolute Gasteiger partial charge is 0.455 e. The Labute approximate surface area is 243 Å². The highest BCUT2D eigenvalue weighted by Gasteiger charge is 2.57. The van der Waals surface area contributed by atoms with E-state index in [-0.39, 0.29) is 31.2 Å². The predicted molar refractivity (Wildman–Crippen MR) is 157 cm³/mol. The van der Waals surface area contributed by atoms with Crippen LogP contribution in [0.15, 0.2) is 90.0 Å². The zero-order chi connectivity index (χ0) is 29.4. The normalized spacial score (nSPS) is 24.2. The topological polar surface area (TPSA) is 107 Å². The van der Waals surface area contributed by atoms with E-state index < -0.39 is 42.5 Å². The third-order valence-corrected chi connectivity index (χ3v) is 8.65. The molecule has 9 heteroatoms. The van der Waals surface area contributed by atoms with Crippen molar-refractivity contribution in [3.8, 4) is 5.75 Å². The second-order valence-corrected chi connectivity index (χ2v) is 11.1. The third-order valence-electron chi connectivity index (χ3n) is 8.65. The number of rotatable bonds is 7. The molecular weight excluding hydrogens is 536 g/mol. The van der Waals surface area contributed by atoms with Crippen molar-refractivity contribution in [2.75, 3.05) is 11.5 Å². The standard InChI is InChI=1S/C33H31BFNO6/c35-27-16-20(11-13-28(27)38)15-22(21-7-3-1-4-8-21)12-14-29-30-23(19-37)17-25-31(26(30)18-34(41)42-29)33(40)36(32(25)39)24-9-5-2-6-10-24/h1-11,13,15-16,25-26,29,31,37-38,41H,12,14,17-19H2/b22-15-/t25-,26+,29-,31-/m1/s1. The fourth-order valence-corrected chi connectivity index (χ4v) is 6.79. The van der Waals surface area contributed by atoms with Gasteiger partial charge in [-0.1, -0.05) is 60.7 Å². The van der Waals surface area contributed by atoms with Crippen LogP contribution in [0.3, 0.4) is 0 Å². The van der Waals surface area contributed by atoms with Gasteiger partial charge in [-0.25, -0.2) is 4.39 Å². The van der Waals surface area contributed by atoms with E-state index in [2.05, 4.69) is 0 Å². The number of aromatic hydroxyl groups is 1. The molecule has 3 aliphatic rings.